The summed E-state index contributed by atoms with van der Waals surface area (Å²) in [7, 11) is 0. The third-order valence-electron chi connectivity index (χ3n) is 4.69. The van der Waals surface area contributed by atoms with Gasteiger partial charge in [0, 0.05) is 25.0 Å². The Labute approximate surface area is 151 Å². The molecule has 1 atom stereocenters. The largest absolute Gasteiger partial charge is 0.354 e. The molecule has 0 bridgehead atoms. The number of rotatable bonds is 8. The van der Waals surface area contributed by atoms with Crippen molar-refractivity contribution in [3.8, 4) is 0 Å². The van der Waals surface area contributed by atoms with Crippen LogP contribution < -0.4 is 16.0 Å². The third kappa shape index (κ3) is 8.05. The zero-order chi connectivity index (χ0) is 17.9. The first-order valence-electron chi connectivity index (χ1n) is 9.51. The molecule has 1 aliphatic rings. The highest BCUT2D eigenvalue weighted by Crippen LogP contribution is 2.17. The van der Waals surface area contributed by atoms with Crippen LogP contribution in [0.3, 0.4) is 0 Å². The minimum absolute atomic E-state index is 0.0153. The van der Waals surface area contributed by atoms with Gasteiger partial charge in [-0.2, -0.15) is 0 Å². The van der Waals surface area contributed by atoms with Gasteiger partial charge in [-0.15, -0.1) is 0 Å². The quantitative estimate of drug-likeness (QED) is 0.677. The van der Waals surface area contributed by atoms with Crippen LogP contribution in [0, 0.1) is 0 Å². The second-order valence-electron chi connectivity index (χ2n) is 6.98. The highest BCUT2D eigenvalue weighted by atomic mass is 16.2. The van der Waals surface area contributed by atoms with Crippen LogP contribution in [0.4, 0.5) is 4.79 Å². The molecule has 25 heavy (non-hydrogen) atoms. The zero-order valence-corrected chi connectivity index (χ0v) is 15.2. The Morgan fingerprint density at radius 3 is 2.56 bits per heavy atom. The van der Waals surface area contributed by atoms with E-state index in [2.05, 4.69) is 28.1 Å². The lowest BCUT2D eigenvalue weighted by Crippen LogP contribution is -2.44. The van der Waals surface area contributed by atoms with E-state index < -0.39 is 0 Å². The van der Waals surface area contributed by atoms with Crippen molar-refractivity contribution in [2.45, 2.75) is 70.4 Å². The maximum absolute atomic E-state index is 12.0. The highest BCUT2D eigenvalue weighted by molar-refractivity contribution is 5.78. The summed E-state index contributed by atoms with van der Waals surface area (Å²) in [5, 5.41) is 8.77. The molecular formula is C20H31N3O2. The molecule has 1 aliphatic carbocycles. The van der Waals surface area contributed by atoms with Crippen molar-refractivity contribution in [1.29, 1.82) is 0 Å². The summed E-state index contributed by atoms with van der Waals surface area (Å²) in [6, 6.07) is 10.5. The lowest BCUT2D eigenvalue weighted by atomic mass is 9.96. The molecule has 0 radical (unpaired) electrons. The number of carbonyl (C=O) groups excluding carboxylic acids is 2. The van der Waals surface area contributed by atoms with E-state index in [-0.39, 0.29) is 18.0 Å². The van der Waals surface area contributed by atoms with Crippen molar-refractivity contribution in [3.05, 3.63) is 35.9 Å². The van der Waals surface area contributed by atoms with Crippen molar-refractivity contribution >= 4 is 11.9 Å². The topological polar surface area (TPSA) is 70.2 Å². The molecule has 3 amide bonds. The minimum atomic E-state index is -0.156. The van der Waals surface area contributed by atoms with Gasteiger partial charge in [-0.25, -0.2) is 4.79 Å². The van der Waals surface area contributed by atoms with Crippen LogP contribution >= 0.6 is 0 Å². The summed E-state index contributed by atoms with van der Waals surface area (Å²) in [6.07, 6.45) is 7.94. The Balaban J connectivity index is 1.54. The number of carbonyl (C=O) groups is 2. The van der Waals surface area contributed by atoms with Gasteiger partial charge >= 0.3 is 6.03 Å². The molecule has 0 aliphatic heterocycles. The summed E-state index contributed by atoms with van der Waals surface area (Å²) in [6.45, 7) is 2.39. The fourth-order valence-corrected chi connectivity index (χ4v) is 3.22. The van der Waals surface area contributed by atoms with E-state index in [9.17, 15) is 9.59 Å². The van der Waals surface area contributed by atoms with E-state index in [0.29, 0.717) is 19.0 Å². The Morgan fingerprint density at radius 2 is 1.84 bits per heavy atom. The third-order valence-corrected chi connectivity index (χ3v) is 4.69. The SMILES string of the molecule is CC(CCc1ccccc1)NC(=O)CCNC(=O)NC1CCCCC1. The predicted molar refractivity (Wildman–Crippen MR) is 100 cm³/mol. The van der Waals surface area contributed by atoms with Crippen LogP contribution in [0.25, 0.3) is 0 Å². The van der Waals surface area contributed by atoms with Gasteiger partial charge in [0.05, 0.1) is 0 Å². The molecule has 1 aromatic carbocycles. The maximum Gasteiger partial charge on any atom is 0.315 e. The first-order valence-corrected chi connectivity index (χ1v) is 9.51. The Hall–Kier alpha value is -2.04. The second kappa shape index (κ2) is 10.7. The van der Waals surface area contributed by atoms with Crippen LogP contribution in [0.15, 0.2) is 30.3 Å². The summed E-state index contributed by atoms with van der Waals surface area (Å²) >= 11 is 0. The van der Waals surface area contributed by atoms with Gasteiger partial charge in [0.25, 0.3) is 0 Å². The van der Waals surface area contributed by atoms with E-state index >= 15 is 0 Å². The monoisotopic (exact) mass is 345 g/mol. The molecule has 1 aromatic rings. The van der Waals surface area contributed by atoms with E-state index in [1.165, 1.54) is 24.8 Å². The molecule has 2 rings (SSSR count). The first kappa shape index (κ1) is 19.3. The van der Waals surface area contributed by atoms with Crippen molar-refractivity contribution in [3.63, 3.8) is 0 Å². The van der Waals surface area contributed by atoms with Gasteiger partial charge in [0.15, 0.2) is 0 Å². The Bertz CT molecular complexity index is 527. The normalized spacial score (nSPS) is 16.0. The number of hydrogen-bond donors (Lipinski definition) is 3. The van der Waals surface area contributed by atoms with Gasteiger partial charge in [-0.3, -0.25) is 4.79 Å². The lowest BCUT2D eigenvalue weighted by molar-refractivity contribution is -0.121. The fourth-order valence-electron chi connectivity index (χ4n) is 3.22. The second-order valence-corrected chi connectivity index (χ2v) is 6.98. The average Bonchev–Trinajstić information content (AvgIpc) is 2.61. The molecule has 0 saturated heterocycles. The predicted octanol–water partition coefficient (Wildman–Crippen LogP) is 3.15. The highest BCUT2D eigenvalue weighted by Gasteiger charge is 2.15. The van der Waals surface area contributed by atoms with Crippen LogP contribution in [0.2, 0.25) is 0 Å². The molecule has 138 valence electrons. The van der Waals surface area contributed by atoms with Crippen LogP contribution in [0.5, 0.6) is 0 Å². The molecule has 1 fully saturated rings. The molecule has 0 spiro atoms. The van der Waals surface area contributed by atoms with Gasteiger partial charge < -0.3 is 16.0 Å². The Morgan fingerprint density at radius 1 is 1.12 bits per heavy atom. The molecule has 1 unspecified atom stereocenters. The van der Waals surface area contributed by atoms with Crippen molar-refractivity contribution < 1.29 is 9.59 Å². The van der Waals surface area contributed by atoms with Gasteiger partial charge in [-0.05, 0) is 38.2 Å². The van der Waals surface area contributed by atoms with Crippen LogP contribution in [0.1, 0.15) is 57.4 Å². The molecule has 0 heterocycles. The summed E-state index contributed by atoms with van der Waals surface area (Å²) in [5.74, 6) is -0.0153. The number of urea groups is 1. The molecule has 5 heteroatoms. The summed E-state index contributed by atoms with van der Waals surface area (Å²) in [5.41, 5.74) is 1.28. The Kier molecular flexibility index (Phi) is 8.29. The smallest absolute Gasteiger partial charge is 0.315 e. The maximum atomic E-state index is 12.0. The fraction of sp³-hybridized carbons (Fsp3) is 0.600. The van der Waals surface area contributed by atoms with E-state index in [0.717, 1.165) is 25.7 Å². The summed E-state index contributed by atoms with van der Waals surface area (Å²) < 4.78 is 0. The minimum Gasteiger partial charge on any atom is -0.354 e. The number of benzene rings is 1. The van der Waals surface area contributed by atoms with Crippen molar-refractivity contribution in [2.24, 2.45) is 0 Å². The van der Waals surface area contributed by atoms with Crippen LogP contribution in [-0.4, -0.2) is 30.6 Å². The standard InChI is InChI=1S/C20H31N3O2/c1-16(12-13-17-8-4-2-5-9-17)22-19(24)14-15-21-20(25)23-18-10-6-3-7-11-18/h2,4-5,8-9,16,18H,3,6-7,10-15H2,1H3,(H,22,24)(H2,21,23,25). The lowest BCUT2D eigenvalue weighted by Gasteiger charge is -2.22. The van der Waals surface area contributed by atoms with Crippen molar-refractivity contribution in [2.75, 3.05) is 6.54 Å². The van der Waals surface area contributed by atoms with E-state index in [4.69, 9.17) is 0 Å². The van der Waals surface area contributed by atoms with Gasteiger partial charge in [0.1, 0.15) is 0 Å². The van der Waals surface area contributed by atoms with Gasteiger partial charge in [0.2, 0.25) is 5.91 Å². The number of amides is 3. The van der Waals surface area contributed by atoms with Crippen molar-refractivity contribution in [1.82, 2.24) is 16.0 Å². The molecular weight excluding hydrogens is 314 g/mol. The molecule has 0 aromatic heterocycles. The molecule has 5 nitrogen and oxygen atoms in total. The number of nitrogens with one attached hydrogen (secondary N) is 3. The van der Waals surface area contributed by atoms with E-state index in [1.54, 1.807) is 0 Å². The zero-order valence-electron chi connectivity index (χ0n) is 15.2. The average molecular weight is 345 g/mol. The van der Waals surface area contributed by atoms with E-state index in [1.807, 2.05) is 25.1 Å². The summed E-state index contributed by atoms with van der Waals surface area (Å²) in [4.78, 5) is 23.8. The molecule has 1 saturated carbocycles. The number of aryl methyl sites for hydroxylation is 1. The van der Waals surface area contributed by atoms with Gasteiger partial charge in [-0.1, -0.05) is 49.6 Å². The van der Waals surface area contributed by atoms with Crippen LogP contribution in [-0.2, 0) is 11.2 Å². The first-order chi connectivity index (χ1) is 12.1. The molecule has 3 N–H and O–H groups in total. The number of hydrogen-bond acceptors (Lipinski definition) is 2.